The number of methoxy groups -OCH3 is 6. The summed E-state index contributed by atoms with van der Waals surface area (Å²) in [7, 11) is 9.59. The largest absolute Gasteiger partial charge is 0.504 e. The molecule has 466 valence electrons. The number of carbonyl (C=O) groups excluding carboxylic acids is 5. The van der Waals surface area contributed by atoms with Crippen LogP contribution in [0.2, 0.25) is 0 Å². The van der Waals surface area contributed by atoms with Gasteiger partial charge in [-0.05, 0) is 186 Å². The molecule has 0 aromatic heterocycles. The molecule has 5 aromatic rings. The van der Waals surface area contributed by atoms with E-state index in [-0.39, 0.29) is 76.1 Å². The normalized spacial score (nSPS) is 27.2. The number of nitrogens with zero attached hydrogens (tertiary/aromatic N) is 2. The number of hydrogen-bond acceptors (Lipinski definition) is 13. The van der Waals surface area contributed by atoms with Crippen LogP contribution >= 0.6 is 0 Å². The number of allylic oxidation sites excluding steroid dienone is 3. The second-order valence-electron chi connectivity index (χ2n) is 26.4. The molecule has 15 heteroatoms. The van der Waals surface area contributed by atoms with Crippen molar-refractivity contribution in [2.75, 3.05) is 62.3 Å². The van der Waals surface area contributed by atoms with Crippen molar-refractivity contribution in [2.45, 2.75) is 134 Å². The summed E-state index contributed by atoms with van der Waals surface area (Å²) in [4.78, 5) is 70.1. The maximum absolute atomic E-state index is 13.8. The van der Waals surface area contributed by atoms with Crippen LogP contribution in [0.3, 0.4) is 0 Å². The Hall–Kier alpha value is -8.17. The Bertz CT molecular complexity index is 3650. The number of Topliss-reactive ketones (excluding diaryl/α,β-unsaturated/α-hetero) is 3. The smallest absolute Gasteiger partial charge is 0.254 e. The first-order valence-electron chi connectivity index (χ1n) is 31.3. The number of nitrogens with one attached hydrogen (secondary N) is 1. The number of aryl methyl sites for hydroxylation is 4. The zero-order valence-corrected chi connectivity index (χ0v) is 53.4. The summed E-state index contributed by atoms with van der Waals surface area (Å²) in [5.74, 6) is 3.93. The number of aromatic hydroxyl groups is 1. The van der Waals surface area contributed by atoms with Crippen molar-refractivity contribution < 1.29 is 57.5 Å². The van der Waals surface area contributed by atoms with E-state index in [1.54, 1.807) is 34.5 Å². The van der Waals surface area contributed by atoms with Crippen LogP contribution in [0.25, 0.3) is 0 Å². The SMILES string of the molecule is COC1=CC2[C@@H]3Cc4ccc(OC)c(C)c4[C@]2(CCN3)CC1=O.COC1=CC2[C@@H]3Cc4ccc(OC)c(C)c4[C@]2(CCN3C(=O)c2cc(C)cc(C)c2)CC1=O.COC1=CC2[C@@H]3Cc4ccc(OC)c(O)c4[C@]2(CCN3C(=O)c2cc(C)cc(C)c2)CC1=O. The third-order valence-corrected chi connectivity index (χ3v) is 21.6. The Kier molecular flexibility index (Phi) is 16.0. The van der Waals surface area contributed by atoms with E-state index < -0.39 is 5.41 Å². The van der Waals surface area contributed by atoms with Gasteiger partial charge in [0.2, 0.25) is 0 Å². The Labute approximate surface area is 522 Å². The fraction of sp³-hybridized carbons (Fsp3) is 0.446. The summed E-state index contributed by atoms with van der Waals surface area (Å²) < 4.78 is 32.8. The second kappa shape index (κ2) is 23.3. The number of hydrogen-bond donors (Lipinski definition) is 2. The topological polar surface area (TPSA) is 179 Å². The zero-order chi connectivity index (χ0) is 63.2. The Balaban J connectivity index is 0.000000132. The van der Waals surface area contributed by atoms with Gasteiger partial charge < -0.3 is 48.6 Å². The molecule has 14 rings (SSSR count). The minimum absolute atomic E-state index is 0.00542. The van der Waals surface area contributed by atoms with Crippen LogP contribution in [0.1, 0.15) is 126 Å². The van der Waals surface area contributed by atoms with Crippen LogP contribution in [0.5, 0.6) is 23.0 Å². The van der Waals surface area contributed by atoms with Crippen LogP contribution in [0, 0.1) is 59.3 Å². The number of fused-ring (bicyclic) bond motifs is 3. The number of ketones is 3. The molecule has 3 saturated heterocycles. The molecule has 9 aliphatic rings. The van der Waals surface area contributed by atoms with Gasteiger partial charge in [0, 0.05) is 101 Å². The van der Waals surface area contributed by atoms with Crippen LogP contribution in [-0.4, -0.2) is 124 Å². The molecule has 0 saturated carbocycles. The Morgan fingerprint density at radius 2 is 0.843 bits per heavy atom. The number of ether oxygens (including phenoxy) is 6. The summed E-state index contributed by atoms with van der Waals surface area (Å²) in [6.45, 7) is 14.4. The second-order valence-corrected chi connectivity index (χ2v) is 26.4. The van der Waals surface area contributed by atoms with Crippen molar-refractivity contribution >= 4 is 29.2 Å². The van der Waals surface area contributed by atoms with E-state index >= 15 is 0 Å². The van der Waals surface area contributed by atoms with Crippen molar-refractivity contribution in [3.05, 3.63) is 186 Å². The van der Waals surface area contributed by atoms with Crippen LogP contribution in [0.4, 0.5) is 0 Å². The molecule has 0 radical (unpaired) electrons. The van der Waals surface area contributed by atoms with Gasteiger partial charge in [0.05, 0.1) is 42.7 Å². The van der Waals surface area contributed by atoms with Gasteiger partial charge >= 0.3 is 0 Å². The number of benzene rings is 5. The quantitative estimate of drug-likeness (QED) is 0.150. The monoisotopic (exact) mass is 1210 g/mol. The van der Waals surface area contributed by atoms with Gasteiger partial charge in [-0.25, -0.2) is 0 Å². The molecular weight excluding hydrogens is 1120 g/mol. The summed E-state index contributed by atoms with van der Waals surface area (Å²) >= 11 is 0. The standard InChI is InChI=1S/C28H31NO4.C27H29NO5.C19H23NO3/c1-16-10-17(2)12-20(11-16)27(31)29-9-8-28-15-23(30)25(33-5)14-21(28)22(29)13-19-6-7-24(32-4)18(3)26(19)28;1-15-9-16(2)11-18(10-15)26(31)28-8-7-27-14-21(29)23(33-4)13-19(27)20(28)12-17-5-6-22(32-3)25(30)24(17)27;1-11-16(22-2)5-4-12-8-14-13-9-17(23-3)15(21)10-19(13,18(11)12)6-7-20-14/h6-7,10-12,14,21-22H,8-9,13,15H2,1-5H3;5-6,9-11,13,19-20,30H,7-8,12,14H2,1-4H3;4-5,9,13-14,20H,6-8,10H2,1-3H3/t21?,22-,28+;19?,20-,27+;13?,14-,19+/m000/s1. The molecule has 3 fully saturated rings. The minimum Gasteiger partial charge on any atom is -0.504 e. The summed E-state index contributed by atoms with van der Waals surface area (Å²) in [6, 6.07) is 24.3. The fourth-order valence-corrected chi connectivity index (χ4v) is 18.2. The molecule has 15 nitrogen and oxygen atoms in total. The molecule has 6 aliphatic carbocycles. The van der Waals surface area contributed by atoms with Gasteiger partial charge in [-0.1, -0.05) is 52.6 Å². The average molecular weight is 1210 g/mol. The predicted molar refractivity (Wildman–Crippen MR) is 338 cm³/mol. The predicted octanol–water partition coefficient (Wildman–Crippen LogP) is 10.6. The molecule has 6 bridgehead atoms. The average Bonchev–Trinajstić information content (AvgIpc) is 0.729. The van der Waals surface area contributed by atoms with Crippen molar-refractivity contribution in [1.82, 2.24) is 15.1 Å². The van der Waals surface area contributed by atoms with E-state index in [4.69, 9.17) is 28.4 Å². The Morgan fingerprint density at radius 1 is 0.472 bits per heavy atom. The molecule has 3 aliphatic heterocycles. The first-order valence-corrected chi connectivity index (χ1v) is 31.3. The molecular formula is C74H83N3O12. The van der Waals surface area contributed by atoms with Gasteiger partial charge in [-0.15, -0.1) is 0 Å². The van der Waals surface area contributed by atoms with Crippen molar-refractivity contribution in [2.24, 2.45) is 17.8 Å². The third kappa shape index (κ3) is 9.92. The lowest BCUT2D eigenvalue weighted by molar-refractivity contribution is -0.123. The van der Waals surface area contributed by atoms with E-state index in [2.05, 4.69) is 55.6 Å². The Morgan fingerprint density at radius 3 is 1.26 bits per heavy atom. The summed E-state index contributed by atoms with van der Waals surface area (Å²) in [5, 5.41) is 14.8. The lowest BCUT2D eigenvalue weighted by atomic mass is 9.53. The van der Waals surface area contributed by atoms with E-state index in [1.165, 1.54) is 42.0 Å². The number of amides is 2. The maximum atomic E-state index is 13.8. The van der Waals surface area contributed by atoms with Crippen molar-refractivity contribution in [3.63, 3.8) is 0 Å². The number of rotatable bonds is 8. The van der Waals surface area contributed by atoms with E-state index in [0.717, 1.165) is 88.2 Å². The number of likely N-dealkylation sites (tertiary alicyclic amines) is 2. The molecule has 3 heterocycles. The molecule has 5 aromatic carbocycles. The van der Waals surface area contributed by atoms with Crippen LogP contribution < -0.4 is 19.5 Å². The lowest BCUT2D eigenvalue weighted by Crippen LogP contribution is -2.62. The highest BCUT2D eigenvalue weighted by molar-refractivity contribution is 5.99. The molecule has 9 atom stereocenters. The fourth-order valence-electron chi connectivity index (χ4n) is 18.2. The van der Waals surface area contributed by atoms with E-state index in [1.807, 2.05) is 86.0 Å². The highest BCUT2D eigenvalue weighted by atomic mass is 16.5. The van der Waals surface area contributed by atoms with Gasteiger partial charge in [0.15, 0.2) is 46.1 Å². The van der Waals surface area contributed by atoms with Crippen molar-refractivity contribution in [3.8, 4) is 23.0 Å². The number of phenols is 1. The summed E-state index contributed by atoms with van der Waals surface area (Å²) in [5.41, 5.74) is 13.9. The van der Waals surface area contributed by atoms with E-state index in [9.17, 15) is 29.1 Å². The first kappa shape index (κ1) is 61.1. The molecule has 2 N–H and O–H groups in total. The molecule has 2 amide bonds. The van der Waals surface area contributed by atoms with Gasteiger partial charge in [-0.3, -0.25) is 24.0 Å². The highest BCUT2D eigenvalue weighted by Gasteiger charge is 2.60. The number of carbonyl (C=O) groups is 5. The number of piperidine rings is 3. The van der Waals surface area contributed by atoms with Crippen LogP contribution in [-0.2, 0) is 64.1 Å². The molecule has 89 heavy (non-hydrogen) atoms. The van der Waals surface area contributed by atoms with E-state index in [0.29, 0.717) is 79.3 Å². The number of phenolic OH excluding ortho intramolecular Hbond substituents is 1. The van der Waals surface area contributed by atoms with Crippen LogP contribution in [0.15, 0.2) is 108 Å². The molecule has 0 spiro atoms. The first-order chi connectivity index (χ1) is 42.7. The maximum Gasteiger partial charge on any atom is 0.254 e. The third-order valence-electron chi connectivity index (χ3n) is 21.6. The minimum atomic E-state index is -0.588. The lowest BCUT2D eigenvalue weighted by Gasteiger charge is -2.57. The van der Waals surface area contributed by atoms with Gasteiger partial charge in [0.25, 0.3) is 11.8 Å². The van der Waals surface area contributed by atoms with Gasteiger partial charge in [-0.2, -0.15) is 0 Å². The van der Waals surface area contributed by atoms with Gasteiger partial charge in [0.1, 0.15) is 11.5 Å². The molecule has 3 unspecified atom stereocenters. The summed E-state index contributed by atoms with van der Waals surface area (Å²) in [6.07, 6.45) is 11.8. The zero-order valence-electron chi connectivity index (χ0n) is 53.4. The highest BCUT2D eigenvalue weighted by Crippen LogP contribution is 2.60. The van der Waals surface area contributed by atoms with Crippen molar-refractivity contribution in [1.29, 1.82) is 0 Å².